The van der Waals surface area contributed by atoms with Gasteiger partial charge in [-0.2, -0.15) is 9.90 Å². The highest BCUT2D eigenvalue weighted by Crippen LogP contribution is 2.37. The van der Waals surface area contributed by atoms with Gasteiger partial charge in [0.15, 0.2) is 5.69 Å². The molecule has 1 amide bonds. The molecule has 0 aliphatic carbocycles. The Labute approximate surface area is 154 Å². The first-order valence-corrected chi connectivity index (χ1v) is 9.28. The Morgan fingerprint density at radius 1 is 1.24 bits per heavy atom. The molecular weight excluding hydrogens is 356 g/mol. The fraction of sp³-hybridized carbons (Fsp3) is 0.167. The monoisotopic (exact) mass is 370 g/mol. The van der Waals surface area contributed by atoms with Crippen molar-refractivity contribution in [2.45, 2.75) is 17.4 Å². The van der Waals surface area contributed by atoms with Crippen LogP contribution in [-0.2, 0) is 0 Å². The lowest BCUT2D eigenvalue weighted by Gasteiger charge is -2.25. The van der Waals surface area contributed by atoms with Gasteiger partial charge in [-0.05, 0) is 42.3 Å². The maximum atomic E-state index is 12.6. The second-order valence-corrected chi connectivity index (χ2v) is 7.27. The molecule has 126 valence electrons. The lowest BCUT2D eigenvalue weighted by molar-refractivity contribution is 0.0929. The highest BCUT2D eigenvalue weighted by atomic mass is 35.5. The zero-order valence-corrected chi connectivity index (χ0v) is 14.8. The number of nitrogens with zero attached hydrogens (tertiary/aromatic N) is 3. The molecule has 2 heterocycles. The molecule has 0 fully saturated rings. The second kappa shape index (κ2) is 6.90. The maximum absolute atomic E-state index is 12.6. The fourth-order valence-corrected chi connectivity index (χ4v) is 4.09. The van der Waals surface area contributed by atoms with E-state index in [4.69, 9.17) is 11.6 Å². The Kier molecular flexibility index (Phi) is 4.46. The van der Waals surface area contributed by atoms with Crippen molar-refractivity contribution in [1.29, 1.82) is 0 Å². The Bertz CT molecular complexity index is 912. The first-order valence-electron chi connectivity index (χ1n) is 7.91. The minimum Gasteiger partial charge on any atom is -0.344 e. The number of benzene rings is 2. The summed E-state index contributed by atoms with van der Waals surface area (Å²) in [5.41, 5.74) is 2.17. The minimum atomic E-state index is -0.231. The van der Waals surface area contributed by atoms with E-state index < -0.39 is 0 Å². The van der Waals surface area contributed by atoms with E-state index in [-0.39, 0.29) is 11.9 Å². The Morgan fingerprint density at radius 3 is 2.92 bits per heavy atom. The van der Waals surface area contributed by atoms with Crippen LogP contribution in [0.5, 0.6) is 0 Å². The number of para-hydroxylation sites is 1. The summed E-state index contributed by atoms with van der Waals surface area (Å²) in [4.78, 5) is 15.2. The number of carbonyl (C=O) groups excluding carboxylic acids is 1. The molecule has 0 saturated carbocycles. The Balaban J connectivity index is 1.54. The molecule has 4 rings (SSSR count). The van der Waals surface area contributed by atoms with Gasteiger partial charge in [0.05, 0.1) is 17.9 Å². The largest absolute Gasteiger partial charge is 0.344 e. The molecule has 1 aliphatic heterocycles. The lowest BCUT2D eigenvalue weighted by Crippen LogP contribution is -2.31. The second-order valence-electron chi connectivity index (χ2n) is 5.70. The lowest BCUT2D eigenvalue weighted by atomic mass is 10.0. The molecule has 0 saturated heterocycles. The van der Waals surface area contributed by atoms with Gasteiger partial charge >= 0.3 is 0 Å². The third-order valence-corrected chi connectivity index (χ3v) is 5.39. The van der Waals surface area contributed by atoms with Crippen LogP contribution in [0, 0.1) is 0 Å². The van der Waals surface area contributed by atoms with Crippen LogP contribution >= 0.6 is 23.4 Å². The summed E-state index contributed by atoms with van der Waals surface area (Å²) in [5.74, 6) is 0.723. The van der Waals surface area contributed by atoms with Gasteiger partial charge in [0.2, 0.25) is 0 Å². The number of halogens is 1. The standard InChI is InChI=1S/C18H15ClN4OS/c19-12-6-7-17-14(10-12)15(8-9-25-17)21-18(24)16-11-20-23(22-16)13-4-2-1-3-5-13/h1-7,10-11,15H,8-9H2,(H,21,24). The quantitative estimate of drug-likeness (QED) is 0.759. The molecule has 2 aromatic carbocycles. The summed E-state index contributed by atoms with van der Waals surface area (Å²) >= 11 is 7.90. The number of hydrogen-bond donors (Lipinski definition) is 1. The molecule has 1 N–H and O–H groups in total. The fourth-order valence-electron chi connectivity index (χ4n) is 2.80. The number of thioether (sulfide) groups is 1. The minimum absolute atomic E-state index is 0.0654. The molecule has 1 aromatic heterocycles. The van der Waals surface area contributed by atoms with Crippen molar-refractivity contribution in [1.82, 2.24) is 20.3 Å². The van der Waals surface area contributed by atoms with E-state index in [2.05, 4.69) is 15.5 Å². The van der Waals surface area contributed by atoms with Gasteiger partial charge in [-0.3, -0.25) is 4.79 Å². The summed E-state index contributed by atoms with van der Waals surface area (Å²) in [6.45, 7) is 0. The number of hydrogen-bond acceptors (Lipinski definition) is 4. The van der Waals surface area contributed by atoms with E-state index in [0.717, 1.165) is 28.3 Å². The van der Waals surface area contributed by atoms with Crippen LogP contribution < -0.4 is 5.32 Å². The van der Waals surface area contributed by atoms with Gasteiger partial charge in [-0.1, -0.05) is 29.8 Å². The van der Waals surface area contributed by atoms with Crippen LogP contribution in [0.1, 0.15) is 28.5 Å². The maximum Gasteiger partial charge on any atom is 0.273 e. The van der Waals surface area contributed by atoms with Gasteiger partial charge < -0.3 is 5.32 Å². The molecule has 7 heteroatoms. The van der Waals surface area contributed by atoms with Crippen LogP contribution in [0.2, 0.25) is 5.02 Å². The molecule has 0 radical (unpaired) electrons. The van der Waals surface area contributed by atoms with E-state index in [1.165, 1.54) is 11.0 Å². The highest BCUT2D eigenvalue weighted by molar-refractivity contribution is 7.99. The van der Waals surface area contributed by atoms with Crippen molar-refractivity contribution in [2.24, 2.45) is 0 Å². The zero-order chi connectivity index (χ0) is 17.2. The van der Waals surface area contributed by atoms with Gasteiger partial charge in [0, 0.05) is 15.7 Å². The molecule has 1 aliphatic rings. The van der Waals surface area contributed by atoms with Crippen molar-refractivity contribution < 1.29 is 4.79 Å². The van der Waals surface area contributed by atoms with Crippen LogP contribution in [0.25, 0.3) is 5.69 Å². The van der Waals surface area contributed by atoms with E-state index in [0.29, 0.717) is 10.7 Å². The normalized spacial score (nSPS) is 16.3. The Morgan fingerprint density at radius 2 is 2.08 bits per heavy atom. The molecule has 3 aromatic rings. The SMILES string of the molecule is O=C(NC1CCSc2ccc(Cl)cc21)c1cnn(-c2ccccc2)n1. The topological polar surface area (TPSA) is 59.8 Å². The van der Waals surface area contributed by atoms with Crippen molar-refractivity contribution in [3.63, 3.8) is 0 Å². The number of aromatic nitrogens is 3. The van der Waals surface area contributed by atoms with Gasteiger partial charge in [-0.15, -0.1) is 16.9 Å². The summed E-state index contributed by atoms with van der Waals surface area (Å²) in [6.07, 6.45) is 2.34. The van der Waals surface area contributed by atoms with E-state index in [1.54, 1.807) is 11.8 Å². The first-order chi connectivity index (χ1) is 12.2. The third-order valence-electron chi connectivity index (χ3n) is 4.03. The number of fused-ring (bicyclic) bond motifs is 1. The average molecular weight is 371 g/mol. The average Bonchev–Trinajstić information content (AvgIpc) is 3.13. The number of nitrogens with one attached hydrogen (secondary N) is 1. The van der Waals surface area contributed by atoms with Crippen molar-refractivity contribution in [3.05, 3.63) is 71.0 Å². The van der Waals surface area contributed by atoms with E-state index in [1.807, 2.05) is 48.5 Å². The van der Waals surface area contributed by atoms with Crippen molar-refractivity contribution in [3.8, 4) is 5.69 Å². The number of amides is 1. The van der Waals surface area contributed by atoms with Crippen LogP contribution in [-0.4, -0.2) is 26.7 Å². The predicted octanol–water partition coefficient (Wildman–Crippen LogP) is 3.89. The van der Waals surface area contributed by atoms with Gasteiger partial charge in [-0.25, -0.2) is 0 Å². The summed E-state index contributed by atoms with van der Waals surface area (Å²) in [6, 6.07) is 15.2. The zero-order valence-electron chi connectivity index (χ0n) is 13.2. The van der Waals surface area contributed by atoms with Crippen LogP contribution in [0.15, 0.2) is 59.6 Å². The third kappa shape index (κ3) is 3.41. The predicted molar refractivity (Wildman–Crippen MR) is 98.4 cm³/mol. The number of rotatable bonds is 3. The smallest absolute Gasteiger partial charge is 0.273 e. The summed E-state index contributed by atoms with van der Waals surface area (Å²) in [5, 5.41) is 12.2. The van der Waals surface area contributed by atoms with Crippen molar-refractivity contribution in [2.75, 3.05) is 5.75 Å². The Hall–Kier alpha value is -2.31. The first kappa shape index (κ1) is 16.2. The highest BCUT2D eigenvalue weighted by Gasteiger charge is 2.24. The molecule has 1 atom stereocenters. The molecule has 5 nitrogen and oxygen atoms in total. The molecule has 1 unspecified atom stereocenters. The molecule has 0 bridgehead atoms. The van der Waals surface area contributed by atoms with Gasteiger partial charge in [0.1, 0.15) is 0 Å². The summed E-state index contributed by atoms with van der Waals surface area (Å²) in [7, 11) is 0. The molecule has 25 heavy (non-hydrogen) atoms. The molecule has 0 spiro atoms. The van der Waals surface area contributed by atoms with Crippen molar-refractivity contribution >= 4 is 29.3 Å². The van der Waals surface area contributed by atoms with E-state index in [9.17, 15) is 4.79 Å². The van der Waals surface area contributed by atoms with E-state index >= 15 is 0 Å². The summed E-state index contributed by atoms with van der Waals surface area (Å²) < 4.78 is 0. The van der Waals surface area contributed by atoms with Gasteiger partial charge in [0.25, 0.3) is 5.91 Å². The van der Waals surface area contributed by atoms with Crippen LogP contribution in [0.4, 0.5) is 0 Å². The number of carbonyl (C=O) groups is 1. The molecular formula is C18H15ClN4OS. The van der Waals surface area contributed by atoms with Crippen LogP contribution in [0.3, 0.4) is 0 Å².